The van der Waals surface area contributed by atoms with Crippen molar-refractivity contribution in [3.05, 3.63) is 0 Å². The Morgan fingerprint density at radius 3 is 1.55 bits per heavy atom. The summed E-state index contributed by atoms with van der Waals surface area (Å²) < 4.78 is 24.2. The number of carbonyl (C=O) groups excluding carboxylic acids is 5. The Kier molecular flexibility index (Phi) is 13.9. The first-order valence-electron chi connectivity index (χ1n) is 14.6. The number of fused-ring (bicyclic) bond motifs is 4. The Morgan fingerprint density at radius 1 is 0.773 bits per heavy atom. The van der Waals surface area contributed by atoms with Crippen LogP contribution in [0.2, 0.25) is 0 Å². The zero-order chi connectivity index (χ0) is 33.7. The summed E-state index contributed by atoms with van der Waals surface area (Å²) in [5.41, 5.74) is -1.02. The van der Waals surface area contributed by atoms with E-state index in [1.807, 2.05) is 0 Å². The molecule has 5 unspecified atom stereocenters. The normalized spacial score (nSPS) is 26.6. The Hall–Kier alpha value is -1.96. The van der Waals surface area contributed by atoms with E-state index in [0.717, 1.165) is 5.01 Å². The number of aliphatic hydroxyl groups is 1. The van der Waals surface area contributed by atoms with Crippen molar-refractivity contribution in [1.82, 2.24) is 20.0 Å². The molecule has 14 nitrogen and oxygen atoms in total. The predicted octanol–water partition coefficient (Wildman–Crippen LogP) is 5.34. The first-order chi connectivity index (χ1) is 20.4. The van der Waals surface area contributed by atoms with Crippen LogP contribution in [0.15, 0.2) is 0 Å². The summed E-state index contributed by atoms with van der Waals surface area (Å²) >= 11 is 2.60. The van der Waals surface area contributed by atoms with Crippen LogP contribution < -0.4 is 0 Å². The van der Waals surface area contributed by atoms with Gasteiger partial charge in [-0.25, -0.2) is 39.2 Å². The van der Waals surface area contributed by atoms with E-state index in [4.69, 9.17) is 18.9 Å². The molecule has 0 spiro atoms. The van der Waals surface area contributed by atoms with Gasteiger partial charge < -0.3 is 24.1 Å². The van der Waals surface area contributed by atoms with Crippen molar-refractivity contribution in [3.63, 3.8) is 0 Å². The summed E-state index contributed by atoms with van der Waals surface area (Å²) in [5.74, 6) is -0.0377. The van der Waals surface area contributed by atoms with Crippen molar-refractivity contribution in [2.24, 2.45) is 0 Å². The molecular weight excluding hydrogens is 806 g/mol. The number of hydrogen-bond acceptors (Lipinski definition) is 10. The summed E-state index contributed by atoms with van der Waals surface area (Å²) in [6.07, 6.45) is -2.00. The Bertz CT molecular complexity index is 1090. The van der Waals surface area contributed by atoms with Crippen LogP contribution >= 0.6 is 35.4 Å². The van der Waals surface area contributed by atoms with Gasteiger partial charge in [0, 0.05) is 19.3 Å². The van der Waals surface area contributed by atoms with Gasteiger partial charge in [0.2, 0.25) is 0 Å². The topological polar surface area (TPSA) is 155 Å². The fraction of sp³-hybridized carbons (Fsp3) is 0.786. The molecule has 2 aliphatic carbocycles. The molecule has 16 heteroatoms. The minimum absolute atomic E-state index is 0.0377. The molecule has 4 fully saturated rings. The number of Topliss-reactive ketones (excluding diaryl/α,β-unsaturated/α-hetero) is 1. The molecule has 0 aromatic carbocycles. The summed E-state index contributed by atoms with van der Waals surface area (Å²) in [6.45, 7) is 15.5. The second kappa shape index (κ2) is 16.0. The maximum absolute atomic E-state index is 12.3. The number of hydrogen-bond donors (Lipinski definition) is 1. The standard InChI is InChI=1S/C14H24N2O5.C13H20N2O5.CH2I2/c1-8(2)20-12(17)15-10-6-11(14(5,19)7-10)16(15)13(18)21-9(3)4;1-7(2)19-12(17)14-9-5-10(11(16)6-9)15(14)13(18)20-8(3)4;1-3-2/h8-11,19H,6-7H2,1-5H3;7-10H,5-6H2,1-4H3;1H2. The Balaban J connectivity index is 0.000000282. The van der Waals surface area contributed by atoms with Crippen LogP contribution in [0.4, 0.5) is 19.2 Å². The number of hydrazine groups is 2. The number of halogens is 2. The molecule has 4 aliphatic rings. The lowest BCUT2D eigenvalue weighted by atomic mass is 9.99. The molecular formula is C28H46I2N4O10. The third-order valence-electron chi connectivity index (χ3n) is 7.01. The molecule has 4 amide bonds. The van der Waals surface area contributed by atoms with Gasteiger partial charge in [-0.05, 0) is 87.4 Å². The molecule has 2 heterocycles. The van der Waals surface area contributed by atoms with Gasteiger partial charge in [-0.1, -0.05) is 21.3 Å². The van der Waals surface area contributed by atoms with Gasteiger partial charge in [-0.15, -0.1) is 0 Å². The zero-order valence-corrected chi connectivity index (χ0v) is 31.1. The van der Waals surface area contributed by atoms with Gasteiger partial charge in [0.25, 0.3) is 0 Å². The fourth-order valence-electron chi connectivity index (χ4n) is 5.60. The largest absolute Gasteiger partial charge is 0.445 e. The van der Waals surface area contributed by atoms with Crippen molar-refractivity contribution in [3.8, 4) is 0 Å². The first-order valence-corrected chi connectivity index (χ1v) is 22.4. The molecule has 4 rings (SSSR count). The van der Waals surface area contributed by atoms with E-state index in [1.165, 1.54) is 15.0 Å². The number of rotatable bonds is 4. The highest BCUT2D eigenvalue weighted by atomic mass is 128. The molecule has 0 aromatic heterocycles. The average molecular weight is 853 g/mol. The smallest absolute Gasteiger partial charge is 0.429 e. The van der Waals surface area contributed by atoms with E-state index in [0.29, 0.717) is 36.0 Å². The van der Waals surface area contributed by atoms with E-state index in [9.17, 15) is 29.1 Å². The predicted molar refractivity (Wildman–Crippen MR) is 178 cm³/mol. The molecule has 2 saturated heterocycles. The lowest BCUT2D eigenvalue weighted by Gasteiger charge is -2.42. The fourth-order valence-corrected chi connectivity index (χ4v) is 5.60. The average Bonchev–Trinajstić information content (AvgIpc) is 3.59. The minimum Gasteiger partial charge on any atom is -0.445 e. The van der Waals surface area contributed by atoms with Crippen molar-refractivity contribution < 1.29 is 48.0 Å². The lowest BCUT2D eigenvalue weighted by Crippen LogP contribution is -2.61. The number of amides is 4. The summed E-state index contributed by atoms with van der Waals surface area (Å²) in [4.78, 5) is 60.5. The molecule has 5 atom stereocenters. The molecule has 0 radical (unpaired) electrons. The first kappa shape index (κ1) is 38.2. The Labute approximate surface area is 278 Å². The summed E-state index contributed by atoms with van der Waals surface area (Å²) in [6, 6.07) is -1.62. The second-order valence-electron chi connectivity index (χ2n) is 12.3. The highest BCUT2D eigenvalue weighted by molar-refractivity contribution is 15.0. The van der Waals surface area contributed by atoms with Crippen molar-refractivity contribution in [2.45, 2.75) is 142 Å². The van der Waals surface area contributed by atoms with E-state index >= 15 is 0 Å². The van der Waals surface area contributed by atoms with Crippen LogP contribution in [0, 0.1) is 0 Å². The highest BCUT2D eigenvalue weighted by Crippen LogP contribution is 2.45. The lowest BCUT2D eigenvalue weighted by molar-refractivity contribution is -0.131. The molecule has 44 heavy (non-hydrogen) atoms. The maximum atomic E-state index is 12.3. The van der Waals surface area contributed by atoms with Gasteiger partial charge in [0.1, 0.15) is 6.04 Å². The van der Waals surface area contributed by atoms with Crippen molar-refractivity contribution in [2.75, 3.05) is 0 Å². The van der Waals surface area contributed by atoms with Crippen LogP contribution in [0.5, 0.6) is 0 Å². The number of ether oxygens (including phenoxy) is 4. The van der Waals surface area contributed by atoms with Gasteiger partial charge in [-0.3, -0.25) is 4.79 Å². The van der Waals surface area contributed by atoms with Gasteiger partial charge in [-0.2, -0.15) is 0 Å². The van der Waals surface area contributed by atoms with E-state index in [-0.39, 0.29) is 48.7 Å². The molecule has 252 valence electrons. The molecule has 4 bridgehead atoms. The zero-order valence-electron chi connectivity index (χ0n) is 26.8. The molecule has 2 aliphatic heterocycles. The van der Waals surface area contributed by atoms with E-state index < -0.39 is 42.1 Å². The van der Waals surface area contributed by atoms with Crippen molar-refractivity contribution >= 4 is 70.0 Å². The van der Waals surface area contributed by atoms with Crippen LogP contribution in [0.3, 0.4) is 0 Å². The second-order valence-corrected chi connectivity index (χ2v) is 16.7. The third kappa shape index (κ3) is 9.29. The minimum atomic E-state index is -1.02. The SMILES string of the molecule is C=II.CC(C)OC(=O)N1C2CC(=O)C(C2)N1C(=O)OC(C)C.CC(C)OC(=O)N1C2CC(N1C(=O)OC(C)C)C(C)(O)C2. The number of carbonyl (C=O) groups is 5. The van der Waals surface area contributed by atoms with Gasteiger partial charge in [0.05, 0.1) is 48.1 Å². The van der Waals surface area contributed by atoms with Crippen LogP contribution in [-0.4, -0.2) is 114 Å². The molecule has 1 N–H and O–H groups in total. The molecule has 0 aromatic rings. The summed E-state index contributed by atoms with van der Waals surface area (Å²) in [7, 11) is 0. The highest BCUT2D eigenvalue weighted by Gasteiger charge is 2.60. The van der Waals surface area contributed by atoms with Gasteiger partial charge >= 0.3 is 24.4 Å². The van der Waals surface area contributed by atoms with E-state index in [2.05, 4.69) is 23.1 Å². The van der Waals surface area contributed by atoms with Crippen molar-refractivity contribution in [1.29, 1.82) is 0 Å². The van der Waals surface area contributed by atoms with Crippen LogP contribution in [0.25, 0.3) is 0 Å². The Morgan fingerprint density at radius 2 is 1.14 bits per heavy atom. The van der Waals surface area contributed by atoms with Crippen LogP contribution in [0.1, 0.15) is 88.0 Å². The molecule has 2 saturated carbocycles. The number of nitrogens with zero attached hydrogens (tertiary/aromatic N) is 4. The van der Waals surface area contributed by atoms with E-state index in [1.54, 1.807) is 62.3 Å². The summed E-state index contributed by atoms with van der Waals surface area (Å²) in [5, 5.41) is 15.3. The quantitative estimate of drug-likeness (QED) is 0.290. The monoisotopic (exact) mass is 852 g/mol. The maximum Gasteiger partial charge on any atom is 0.429 e. The number of ketones is 1. The van der Waals surface area contributed by atoms with Crippen LogP contribution in [-0.2, 0) is 23.7 Å². The van der Waals surface area contributed by atoms with Gasteiger partial charge in [0.15, 0.2) is 5.78 Å². The third-order valence-corrected chi connectivity index (χ3v) is 7.01.